The molecule has 3 rings (SSSR count). The highest BCUT2D eigenvalue weighted by molar-refractivity contribution is 9.10. The number of hydrogen-bond acceptors (Lipinski definition) is 3. The number of hydrogen-bond donors (Lipinski definition) is 1. The predicted octanol–water partition coefficient (Wildman–Crippen LogP) is 2.68. The van der Waals surface area contributed by atoms with Crippen LogP contribution in [0.5, 0.6) is 0 Å². The van der Waals surface area contributed by atoms with E-state index in [0.29, 0.717) is 30.6 Å². The summed E-state index contributed by atoms with van der Waals surface area (Å²) in [6.07, 6.45) is 7.69. The lowest BCUT2D eigenvalue weighted by Gasteiger charge is -2.07. The van der Waals surface area contributed by atoms with Crippen LogP contribution in [0.15, 0.2) is 29.1 Å². The Balaban J connectivity index is 1.70. The fourth-order valence-corrected chi connectivity index (χ4v) is 2.65. The van der Waals surface area contributed by atoms with Crippen molar-refractivity contribution in [3.8, 4) is 0 Å². The third-order valence-electron chi connectivity index (χ3n) is 3.40. The summed E-state index contributed by atoms with van der Waals surface area (Å²) < 4.78 is 9.71. The molecule has 6 nitrogen and oxygen atoms in total. The molecule has 1 aliphatic carbocycles. The van der Waals surface area contributed by atoms with Gasteiger partial charge >= 0.3 is 0 Å². The largest absolute Gasteiger partial charge is 0.383 e. The summed E-state index contributed by atoms with van der Waals surface area (Å²) in [7, 11) is 1.65. The number of carbonyl (C=O) groups excluding carboxylic acids is 1. The molecule has 1 saturated carbocycles. The zero-order valence-electron chi connectivity index (χ0n) is 11.8. The predicted molar refractivity (Wildman–Crippen MR) is 82.5 cm³/mol. The Labute approximate surface area is 131 Å². The van der Waals surface area contributed by atoms with Crippen LogP contribution in [0.3, 0.4) is 0 Å². The van der Waals surface area contributed by atoms with Crippen LogP contribution in [0.2, 0.25) is 0 Å². The molecule has 0 atom stereocenters. The lowest BCUT2D eigenvalue weighted by molar-refractivity contribution is 0.101. The van der Waals surface area contributed by atoms with Crippen LogP contribution < -0.4 is 5.32 Å². The lowest BCUT2D eigenvalue weighted by atomic mass is 10.4. The summed E-state index contributed by atoms with van der Waals surface area (Å²) in [5.41, 5.74) is 1.37. The van der Waals surface area contributed by atoms with Crippen LogP contribution in [0.4, 0.5) is 5.69 Å². The minimum absolute atomic E-state index is 0.112. The van der Waals surface area contributed by atoms with Crippen molar-refractivity contribution in [1.82, 2.24) is 14.3 Å². The van der Waals surface area contributed by atoms with Gasteiger partial charge in [0.05, 0.1) is 25.0 Å². The van der Waals surface area contributed by atoms with E-state index < -0.39 is 0 Å². The maximum absolute atomic E-state index is 12.4. The van der Waals surface area contributed by atoms with E-state index in [-0.39, 0.29) is 5.91 Å². The van der Waals surface area contributed by atoms with Crippen LogP contribution in [0.1, 0.15) is 29.4 Å². The zero-order valence-corrected chi connectivity index (χ0v) is 13.3. The van der Waals surface area contributed by atoms with Crippen LogP contribution in [-0.4, -0.2) is 34.0 Å². The van der Waals surface area contributed by atoms with E-state index in [4.69, 9.17) is 4.74 Å². The molecule has 1 aliphatic rings. The summed E-state index contributed by atoms with van der Waals surface area (Å²) in [4.78, 5) is 12.4. The Morgan fingerprint density at radius 3 is 3.05 bits per heavy atom. The van der Waals surface area contributed by atoms with Crippen molar-refractivity contribution in [2.45, 2.75) is 25.4 Å². The summed E-state index contributed by atoms with van der Waals surface area (Å²) in [6, 6.07) is 2.31. The summed E-state index contributed by atoms with van der Waals surface area (Å²) in [5, 5.41) is 7.07. The molecule has 0 aromatic carbocycles. The van der Waals surface area contributed by atoms with Gasteiger partial charge in [-0.3, -0.25) is 9.48 Å². The van der Waals surface area contributed by atoms with Crippen molar-refractivity contribution < 1.29 is 9.53 Å². The Hall–Kier alpha value is -1.60. The van der Waals surface area contributed by atoms with Gasteiger partial charge in [-0.25, -0.2) is 0 Å². The van der Waals surface area contributed by atoms with Crippen molar-refractivity contribution in [2.75, 3.05) is 19.0 Å². The topological polar surface area (TPSA) is 61.1 Å². The number of amides is 1. The van der Waals surface area contributed by atoms with Gasteiger partial charge in [0.15, 0.2) is 0 Å². The van der Waals surface area contributed by atoms with Crippen molar-refractivity contribution in [3.63, 3.8) is 0 Å². The molecule has 2 aromatic rings. The Morgan fingerprint density at radius 1 is 1.52 bits per heavy atom. The molecule has 0 bridgehead atoms. The molecular weight excluding hydrogens is 336 g/mol. The van der Waals surface area contributed by atoms with Crippen molar-refractivity contribution >= 4 is 27.5 Å². The van der Waals surface area contributed by atoms with E-state index in [1.165, 1.54) is 0 Å². The maximum atomic E-state index is 12.4. The number of carbonyl (C=O) groups is 1. The maximum Gasteiger partial charge on any atom is 0.272 e. The summed E-state index contributed by atoms with van der Waals surface area (Å²) in [6.45, 7) is 1.25. The molecule has 0 radical (unpaired) electrons. The second-order valence-corrected chi connectivity index (χ2v) is 6.04. The van der Waals surface area contributed by atoms with E-state index >= 15 is 0 Å². The van der Waals surface area contributed by atoms with E-state index in [9.17, 15) is 4.79 Å². The Morgan fingerprint density at radius 2 is 2.33 bits per heavy atom. The van der Waals surface area contributed by atoms with E-state index in [1.807, 2.05) is 16.8 Å². The monoisotopic (exact) mass is 352 g/mol. The second kappa shape index (κ2) is 6.03. The van der Waals surface area contributed by atoms with Crippen LogP contribution in [-0.2, 0) is 11.3 Å². The normalized spacial score (nSPS) is 14.4. The molecular formula is C14H17BrN4O2. The summed E-state index contributed by atoms with van der Waals surface area (Å²) in [5.74, 6) is -0.112. The fourth-order valence-electron chi connectivity index (χ4n) is 2.21. The number of nitrogens with zero attached hydrogens (tertiary/aromatic N) is 3. The number of aromatic nitrogens is 3. The zero-order chi connectivity index (χ0) is 14.8. The van der Waals surface area contributed by atoms with Crippen molar-refractivity contribution in [1.29, 1.82) is 0 Å². The van der Waals surface area contributed by atoms with Crippen LogP contribution in [0.25, 0.3) is 0 Å². The van der Waals surface area contributed by atoms with Gasteiger partial charge in [0, 0.05) is 30.0 Å². The molecule has 0 saturated heterocycles. The van der Waals surface area contributed by atoms with Gasteiger partial charge in [0.25, 0.3) is 5.91 Å². The van der Waals surface area contributed by atoms with E-state index in [0.717, 1.165) is 17.3 Å². The first kappa shape index (κ1) is 14.3. The number of methoxy groups -OCH3 is 1. The highest BCUT2D eigenvalue weighted by Gasteiger charge is 2.27. The van der Waals surface area contributed by atoms with Crippen molar-refractivity contribution in [3.05, 3.63) is 34.8 Å². The minimum Gasteiger partial charge on any atom is -0.383 e. The molecule has 112 valence electrons. The minimum atomic E-state index is -0.112. The van der Waals surface area contributed by atoms with Gasteiger partial charge < -0.3 is 14.6 Å². The lowest BCUT2D eigenvalue weighted by Crippen LogP contribution is -2.16. The van der Waals surface area contributed by atoms with Gasteiger partial charge in [-0.05, 0) is 34.8 Å². The van der Waals surface area contributed by atoms with Crippen molar-refractivity contribution in [2.24, 2.45) is 0 Å². The number of nitrogens with one attached hydrogen (secondary N) is 1. The van der Waals surface area contributed by atoms with Crippen LogP contribution in [0, 0.1) is 0 Å². The molecule has 0 aliphatic heterocycles. The highest BCUT2D eigenvalue weighted by atomic mass is 79.9. The molecule has 1 N–H and O–H groups in total. The molecule has 7 heteroatoms. The second-order valence-electron chi connectivity index (χ2n) is 5.12. The fraction of sp³-hybridized carbons (Fsp3) is 0.429. The first-order valence-electron chi connectivity index (χ1n) is 6.87. The summed E-state index contributed by atoms with van der Waals surface area (Å²) >= 11 is 3.43. The number of ether oxygens (including phenoxy) is 1. The molecule has 0 spiro atoms. The van der Waals surface area contributed by atoms with Gasteiger partial charge in [0.1, 0.15) is 5.69 Å². The Kier molecular flexibility index (Phi) is 4.12. The average Bonchev–Trinajstić information content (AvgIpc) is 3.09. The third-order valence-corrected chi connectivity index (χ3v) is 3.84. The standard InChI is InChI=1S/C14H17BrN4O2/c1-21-5-4-18-9-11(7-16-18)17-14(20)13-6-10(15)8-19(13)12-2-3-12/h6-9,12H,2-5H2,1H3,(H,17,20). The van der Waals surface area contributed by atoms with Gasteiger partial charge in [0.2, 0.25) is 0 Å². The number of anilines is 1. The smallest absolute Gasteiger partial charge is 0.272 e. The Bertz CT molecular complexity index is 645. The molecule has 1 amide bonds. The number of halogens is 1. The van der Waals surface area contributed by atoms with Gasteiger partial charge in [-0.2, -0.15) is 5.10 Å². The SMILES string of the molecule is COCCn1cc(NC(=O)c2cc(Br)cn2C2CC2)cn1. The molecule has 2 aromatic heterocycles. The van der Waals surface area contributed by atoms with E-state index in [2.05, 4.69) is 26.3 Å². The molecule has 2 heterocycles. The highest BCUT2D eigenvalue weighted by Crippen LogP contribution is 2.37. The van der Waals surface area contributed by atoms with Crippen LogP contribution >= 0.6 is 15.9 Å². The first-order chi connectivity index (χ1) is 10.2. The molecule has 1 fully saturated rings. The molecule has 0 unspecified atom stereocenters. The van der Waals surface area contributed by atoms with E-state index in [1.54, 1.807) is 24.2 Å². The third kappa shape index (κ3) is 3.36. The van der Waals surface area contributed by atoms with Gasteiger partial charge in [-0.1, -0.05) is 0 Å². The number of rotatable bonds is 6. The first-order valence-corrected chi connectivity index (χ1v) is 7.67. The average molecular weight is 353 g/mol. The van der Waals surface area contributed by atoms with Gasteiger partial charge in [-0.15, -0.1) is 0 Å². The molecule has 21 heavy (non-hydrogen) atoms. The quantitative estimate of drug-likeness (QED) is 0.869.